The van der Waals surface area contributed by atoms with E-state index in [1.807, 2.05) is 37.1 Å². The third kappa shape index (κ3) is 3.03. The summed E-state index contributed by atoms with van der Waals surface area (Å²) in [5.74, 6) is 1.50. The van der Waals surface area contributed by atoms with Crippen molar-refractivity contribution in [1.82, 2.24) is 23.2 Å². The van der Waals surface area contributed by atoms with Gasteiger partial charge in [-0.15, -0.1) is 0 Å². The highest BCUT2D eigenvalue weighted by atomic mass is 32.2. The van der Waals surface area contributed by atoms with Gasteiger partial charge in [0.1, 0.15) is 11.3 Å². The van der Waals surface area contributed by atoms with E-state index in [2.05, 4.69) is 32.8 Å². The van der Waals surface area contributed by atoms with E-state index < -0.39 is 0 Å². The maximum absolute atomic E-state index is 12.8. The van der Waals surface area contributed by atoms with Crippen molar-refractivity contribution in [1.29, 1.82) is 0 Å². The summed E-state index contributed by atoms with van der Waals surface area (Å²) in [4.78, 5) is 14.6. The molecule has 1 aliphatic rings. The molecule has 8 heteroatoms. The van der Waals surface area contributed by atoms with Gasteiger partial charge in [-0.2, -0.15) is 5.10 Å². The second-order valence-electron chi connectivity index (χ2n) is 7.50. The summed E-state index contributed by atoms with van der Waals surface area (Å²) in [6.07, 6.45) is 4.57. The molecule has 1 saturated heterocycles. The number of carbonyl (C=O) groups excluding carboxylic acids is 1. The molecule has 1 aliphatic heterocycles. The number of aryl methyl sites for hydroxylation is 2. The van der Waals surface area contributed by atoms with Gasteiger partial charge in [0.25, 0.3) is 5.91 Å². The Bertz CT molecular complexity index is 1270. The van der Waals surface area contributed by atoms with Crippen molar-refractivity contribution in [2.45, 2.75) is 20.3 Å². The van der Waals surface area contributed by atoms with Crippen LogP contribution in [0.4, 0.5) is 0 Å². The quantitative estimate of drug-likeness (QED) is 0.490. The van der Waals surface area contributed by atoms with Crippen LogP contribution in [0.15, 0.2) is 42.7 Å². The van der Waals surface area contributed by atoms with Gasteiger partial charge in [0.15, 0.2) is 5.75 Å². The van der Waals surface area contributed by atoms with Crippen molar-refractivity contribution >= 4 is 34.5 Å². The molecular weight excluding hydrogens is 398 g/mol. The second kappa shape index (κ2) is 7.37. The molecule has 1 fully saturated rings. The van der Waals surface area contributed by atoms with Crippen LogP contribution in [0, 0.1) is 13.8 Å². The first-order chi connectivity index (χ1) is 14.6. The smallest absolute Gasteiger partial charge is 0.255 e. The zero-order valence-corrected chi connectivity index (χ0v) is 18.0. The van der Waals surface area contributed by atoms with E-state index in [9.17, 15) is 4.79 Å². The van der Waals surface area contributed by atoms with Gasteiger partial charge < -0.3 is 9.64 Å². The molecule has 30 heavy (non-hydrogen) atoms. The standard InChI is InChI=1S/C22H23N5O2S/c1-14-11-16-12-17(5-6-19(16)27(14)30-23-3)29-20-7-8-24-26-13-18(15(2)21(20)26)22(28)25-9-4-10-25/h5-8,11-13,23H,4,9-10H2,1-3H3. The highest BCUT2D eigenvalue weighted by Crippen LogP contribution is 2.33. The van der Waals surface area contributed by atoms with Gasteiger partial charge in [0.2, 0.25) is 0 Å². The van der Waals surface area contributed by atoms with Gasteiger partial charge in [-0.1, -0.05) is 0 Å². The molecule has 4 heterocycles. The molecular formula is C22H23N5O2S. The third-order valence-electron chi connectivity index (χ3n) is 5.58. The molecule has 0 radical (unpaired) electrons. The lowest BCUT2D eigenvalue weighted by Gasteiger charge is -2.30. The molecule has 0 atom stereocenters. The minimum absolute atomic E-state index is 0.0652. The first kappa shape index (κ1) is 19.0. The molecule has 154 valence electrons. The van der Waals surface area contributed by atoms with Crippen LogP contribution in [-0.4, -0.2) is 44.5 Å². The van der Waals surface area contributed by atoms with Crippen LogP contribution in [-0.2, 0) is 0 Å². The van der Waals surface area contributed by atoms with Gasteiger partial charge >= 0.3 is 0 Å². The Morgan fingerprint density at radius 3 is 2.77 bits per heavy atom. The van der Waals surface area contributed by atoms with Crippen LogP contribution in [0.1, 0.15) is 28.0 Å². The Morgan fingerprint density at radius 2 is 2.03 bits per heavy atom. The average Bonchev–Trinajstić information content (AvgIpc) is 3.18. The van der Waals surface area contributed by atoms with Crippen molar-refractivity contribution in [2.24, 2.45) is 0 Å². The van der Waals surface area contributed by atoms with E-state index in [-0.39, 0.29) is 5.91 Å². The van der Waals surface area contributed by atoms with Crippen LogP contribution in [0.5, 0.6) is 11.5 Å². The number of nitrogens with zero attached hydrogens (tertiary/aromatic N) is 4. The van der Waals surface area contributed by atoms with Crippen LogP contribution in [0.2, 0.25) is 0 Å². The number of carbonyl (C=O) groups is 1. The molecule has 3 aromatic heterocycles. The van der Waals surface area contributed by atoms with Crippen LogP contribution in [0.3, 0.4) is 0 Å². The first-order valence-corrected chi connectivity index (χ1v) is 10.7. The summed E-state index contributed by atoms with van der Waals surface area (Å²) in [6, 6.07) is 10.1. The molecule has 0 saturated carbocycles. The lowest BCUT2D eigenvalue weighted by molar-refractivity contribution is 0.0651. The monoisotopic (exact) mass is 421 g/mol. The van der Waals surface area contributed by atoms with Crippen LogP contribution >= 0.6 is 12.1 Å². The van der Waals surface area contributed by atoms with E-state index in [4.69, 9.17) is 4.74 Å². The van der Waals surface area contributed by atoms with Gasteiger partial charge in [0, 0.05) is 48.6 Å². The zero-order chi connectivity index (χ0) is 20.8. The predicted octanol–water partition coefficient (Wildman–Crippen LogP) is 4.17. The molecule has 0 spiro atoms. The first-order valence-electron chi connectivity index (χ1n) is 9.97. The van der Waals surface area contributed by atoms with E-state index in [0.29, 0.717) is 11.3 Å². The highest BCUT2D eigenvalue weighted by Gasteiger charge is 2.26. The maximum Gasteiger partial charge on any atom is 0.255 e. The van der Waals surface area contributed by atoms with Crippen molar-refractivity contribution in [3.63, 3.8) is 0 Å². The number of ether oxygens (including phenoxy) is 1. The molecule has 7 nitrogen and oxygen atoms in total. The minimum atomic E-state index is 0.0652. The number of benzene rings is 1. The number of hydrogen-bond donors (Lipinski definition) is 1. The predicted molar refractivity (Wildman–Crippen MR) is 119 cm³/mol. The van der Waals surface area contributed by atoms with Gasteiger partial charge in [-0.05, 0) is 57.1 Å². The fourth-order valence-electron chi connectivity index (χ4n) is 3.92. The molecule has 0 aliphatic carbocycles. The Labute approximate surface area is 178 Å². The molecule has 0 unspecified atom stereocenters. The molecule has 4 aromatic rings. The topological polar surface area (TPSA) is 63.8 Å². The van der Waals surface area contributed by atoms with Gasteiger partial charge in [-0.25, -0.2) is 9.24 Å². The zero-order valence-electron chi connectivity index (χ0n) is 17.2. The molecule has 5 rings (SSSR count). The Morgan fingerprint density at radius 1 is 1.20 bits per heavy atom. The highest BCUT2D eigenvalue weighted by molar-refractivity contribution is 7.96. The fourth-order valence-corrected chi connectivity index (χ4v) is 4.56. The number of nitrogens with one attached hydrogen (secondary N) is 1. The van der Waals surface area contributed by atoms with Crippen molar-refractivity contribution in [3.05, 3.63) is 59.5 Å². The molecule has 1 N–H and O–H groups in total. The number of hydrogen-bond acceptors (Lipinski definition) is 5. The largest absolute Gasteiger partial charge is 0.455 e. The Kier molecular flexibility index (Phi) is 4.67. The van der Waals surface area contributed by atoms with E-state index in [0.717, 1.165) is 52.9 Å². The summed E-state index contributed by atoms with van der Waals surface area (Å²) in [5.41, 5.74) is 4.68. The minimum Gasteiger partial charge on any atom is -0.455 e. The van der Waals surface area contributed by atoms with E-state index in [1.54, 1.807) is 29.0 Å². The van der Waals surface area contributed by atoms with E-state index >= 15 is 0 Å². The van der Waals surface area contributed by atoms with Crippen molar-refractivity contribution in [3.8, 4) is 11.5 Å². The summed E-state index contributed by atoms with van der Waals surface area (Å²) in [5, 5.41) is 5.50. The Balaban J connectivity index is 1.52. The maximum atomic E-state index is 12.8. The number of likely N-dealkylation sites (tertiary alicyclic amines) is 1. The van der Waals surface area contributed by atoms with Gasteiger partial charge in [-0.3, -0.25) is 8.77 Å². The number of aromatic nitrogens is 3. The molecule has 0 bridgehead atoms. The number of fused-ring (bicyclic) bond motifs is 2. The second-order valence-corrected chi connectivity index (χ2v) is 8.46. The fraction of sp³-hybridized carbons (Fsp3) is 0.273. The average molecular weight is 422 g/mol. The lowest BCUT2D eigenvalue weighted by atomic mass is 10.1. The molecule has 1 amide bonds. The Hall–Kier alpha value is -2.97. The lowest BCUT2D eigenvalue weighted by Crippen LogP contribution is -2.42. The van der Waals surface area contributed by atoms with Crippen molar-refractivity contribution in [2.75, 3.05) is 20.1 Å². The number of rotatable bonds is 5. The van der Waals surface area contributed by atoms with E-state index in [1.165, 1.54) is 0 Å². The molecule has 1 aromatic carbocycles. The number of amides is 1. The summed E-state index contributed by atoms with van der Waals surface area (Å²) >= 11 is 1.54. The van der Waals surface area contributed by atoms with Crippen LogP contribution < -0.4 is 9.46 Å². The summed E-state index contributed by atoms with van der Waals surface area (Å²) in [6.45, 7) is 5.69. The third-order valence-corrected chi connectivity index (χ3v) is 6.43. The summed E-state index contributed by atoms with van der Waals surface area (Å²) in [7, 11) is 1.91. The SMILES string of the molecule is CNSn1c(C)cc2cc(Oc3ccnn4cc(C(=O)N5CCC5)c(C)c34)ccc21. The van der Waals surface area contributed by atoms with Gasteiger partial charge in [0.05, 0.1) is 17.3 Å². The van der Waals surface area contributed by atoms with Crippen LogP contribution in [0.25, 0.3) is 16.4 Å². The summed E-state index contributed by atoms with van der Waals surface area (Å²) < 4.78 is 13.3. The van der Waals surface area contributed by atoms with Crippen molar-refractivity contribution < 1.29 is 9.53 Å². The normalized spacial score (nSPS) is 13.8.